The van der Waals surface area contributed by atoms with Gasteiger partial charge in [0.25, 0.3) is 0 Å². The Labute approximate surface area is 112 Å². The molecule has 0 heterocycles. The van der Waals surface area contributed by atoms with Gasteiger partial charge in [0.05, 0.1) is 11.5 Å². The first kappa shape index (κ1) is 12.9. The second-order valence-electron chi connectivity index (χ2n) is 4.11. The monoisotopic (exact) mass is 262 g/mol. The number of ether oxygens (including phenoxy) is 1. The molecule has 94 valence electrons. The number of para-hydroxylation sites is 1. The summed E-state index contributed by atoms with van der Waals surface area (Å²) in [5, 5.41) is 9.49. The molecule has 2 aromatic carbocycles. The van der Waals surface area contributed by atoms with Gasteiger partial charge >= 0.3 is 0 Å². The first-order valence-electron chi connectivity index (χ1n) is 5.82. The van der Waals surface area contributed by atoms with Crippen LogP contribution in [0, 0.1) is 0 Å². The lowest BCUT2D eigenvalue weighted by molar-refractivity contribution is 0.177. The zero-order chi connectivity index (χ0) is 13.0. The lowest BCUT2D eigenvalue weighted by Gasteiger charge is -2.13. The Morgan fingerprint density at radius 1 is 0.944 bits per heavy atom. The second-order valence-corrected chi connectivity index (χ2v) is 4.79. The highest BCUT2D eigenvalue weighted by Gasteiger charge is 2.13. The highest BCUT2D eigenvalue weighted by atomic mass is 35.5. The van der Waals surface area contributed by atoms with Gasteiger partial charge < -0.3 is 9.84 Å². The van der Waals surface area contributed by atoms with Crippen LogP contribution in [0.2, 0.25) is 0 Å². The minimum atomic E-state index is -0.655. The van der Waals surface area contributed by atoms with Gasteiger partial charge in [-0.05, 0) is 36.8 Å². The third-order valence-electron chi connectivity index (χ3n) is 2.64. The molecule has 0 saturated carbocycles. The molecule has 0 radical (unpaired) electrons. The lowest BCUT2D eigenvalue weighted by Crippen LogP contribution is -2.07. The molecular formula is C15H15ClO2. The van der Waals surface area contributed by atoms with E-state index in [-0.39, 0.29) is 5.38 Å². The predicted octanol–water partition coefficient (Wildman–Crippen LogP) is 4.14. The molecule has 1 N–H and O–H groups in total. The summed E-state index contributed by atoms with van der Waals surface area (Å²) < 4.78 is 5.66. The molecule has 2 atom stereocenters. The Morgan fingerprint density at radius 2 is 1.50 bits per heavy atom. The molecule has 0 aliphatic heterocycles. The summed E-state index contributed by atoms with van der Waals surface area (Å²) in [6.45, 7) is 1.76. The zero-order valence-electron chi connectivity index (χ0n) is 10.1. The fourth-order valence-corrected chi connectivity index (χ4v) is 1.77. The standard InChI is InChI=1S/C15H15ClO2/c1-11(16)15(17)12-7-9-14(10-8-12)18-13-5-3-2-4-6-13/h2-11,15,17H,1H3. The van der Waals surface area contributed by atoms with Crippen molar-refractivity contribution in [1.82, 2.24) is 0 Å². The number of aliphatic hydroxyl groups excluding tert-OH is 1. The van der Waals surface area contributed by atoms with E-state index in [0.717, 1.165) is 17.1 Å². The van der Waals surface area contributed by atoms with Crippen molar-refractivity contribution in [2.75, 3.05) is 0 Å². The molecule has 3 heteroatoms. The number of benzene rings is 2. The van der Waals surface area contributed by atoms with Crippen LogP contribution in [0.25, 0.3) is 0 Å². The summed E-state index contributed by atoms with van der Waals surface area (Å²) in [7, 11) is 0. The van der Waals surface area contributed by atoms with Crippen LogP contribution in [0.4, 0.5) is 0 Å². The van der Waals surface area contributed by atoms with E-state index < -0.39 is 6.10 Å². The van der Waals surface area contributed by atoms with Crippen LogP contribution in [0.1, 0.15) is 18.6 Å². The fraction of sp³-hybridized carbons (Fsp3) is 0.200. The van der Waals surface area contributed by atoms with Crippen LogP contribution in [-0.2, 0) is 0 Å². The van der Waals surface area contributed by atoms with Crippen molar-refractivity contribution in [3.63, 3.8) is 0 Å². The van der Waals surface area contributed by atoms with Gasteiger partial charge in [0.1, 0.15) is 11.5 Å². The Kier molecular flexibility index (Phi) is 4.24. The van der Waals surface area contributed by atoms with E-state index in [1.54, 1.807) is 6.92 Å². The topological polar surface area (TPSA) is 29.5 Å². The smallest absolute Gasteiger partial charge is 0.127 e. The van der Waals surface area contributed by atoms with Gasteiger partial charge in [-0.3, -0.25) is 0 Å². The molecule has 0 aliphatic carbocycles. The quantitative estimate of drug-likeness (QED) is 0.839. The molecule has 0 spiro atoms. The van der Waals surface area contributed by atoms with E-state index in [9.17, 15) is 5.11 Å². The molecule has 2 rings (SSSR count). The SMILES string of the molecule is CC(Cl)C(O)c1ccc(Oc2ccccc2)cc1. The van der Waals surface area contributed by atoms with Gasteiger partial charge in [-0.1, -0.05) is 30.3 Å². The number of halogens is 1. The Balaban J connectivity index is 2.09. The largest absolute Gasteiger partial charge is 0.457 e. The van der Waals surface area contributed by atoms with Crippen LogP contribution in [0.15, 0.2) is 54.6 Å². The Bertz CT molecular complexity index is 480. The average molecular weight is 263 g/mol. The molecule has 0 amide bonds. The van der Waals surface area contributed by atoms with E-state index >= 15 is 0 Å². The highest BCUT2D eigenvalue weighted by molar-refractivity contribution is 6.20. The Hall–Kier alpha value is -1.51. The third kappa shape index (κ3) is 3.25. The molecule has 0 aliphatic rings. The molecule has 2 nitrogen and oxygen atoms in total. The molecular weight excluding hydrogens is 248 g/mol. The highest BCUT2D eigenvalue weighted by Crippen LogP contribution is 2.25. The summed E-state index contributed by atoms with van der Waals surface area (Å²) in [5.41, 5.74) is 0.790. The van der Waals surface area contributed by atoms with Crippen molar-refractivity contribution in [3.05, 3.63) is 60.2 Å². The maximum atomic E-state index is 9.81. The first-order chi connectivity index (χ1) is 8.66. The zero-order valence-corrected chi connectivity index (χ0v) is 10.8. The van der Waals surface area contributed by atoms with E-state index in [4.69, 9.17) is 16.3 Å². The minimum Gasteiger partial charge on any atom is -0.457 e. The third-order valence-corrected chi connectivity index (χ3v) is 2.87. The maximum absolute atomic E-state index is 9.81. The number of alkyl halides is 1. The molecule has 18 heavy (non-hydrogen) atoms. The summed E-state index contributed by atoms with van der Waals surface area (Å²) in [6, 6.07) is 16.9. The van der Waals surface area contributed by atoms with Crippen LogP contribution < -0.4 is 4.74 Å². The number of hydrogen-bond acceptors (Lipinski definition) is 2. The van der Waals surface area contributed by atoms with Crippen molar-refractivity contribution >= 4 is 11.6 Å². The summed E-state index contributed by atoms with van der Waals surface area (Å²) in [6.07, 6.45) is -0.655. The van der Waals surface area contributed by atoms with Crippen molar-refractivity contribution in [2.24, 2.45) is 0 Å². The maximum Gasteiger partial charge on any atom is 0.127 e. The fourth-order valence-electron chi connectivity index (χ4n) is 1.62. The van der Waals surface area contributed by atoms with Gasteiger partial charge in [0, 0.05) is 0 Å². The van der Waals surface area contributed by atoms with Crippen molar-refractivity contribution in [3.8, 4) is 11.5 Å². The predicted molar refractivity (Wildman–Crippen MR) is 73.2 cm³/mol. The summed E-state index contributed by atoms with van der Waals surface area (Å²) in [5.74, 6) is 1.52. The van der Waals surface area contributed by atoms with Crippen LogP contribution in [-0.4, -0.2) is 10.5 Å². The van der Waals surface area contributed by atoms with Gasteiger partial charge in [0.2, 0.25) is 0 Å². The van der Waals surface area contributed by atoms with Gasteiger partial charge in [-0.15, -0.1) is 11.6 Å². The average Bonchev–Trinajstić information content (AvgIpc) is 2.40. The molecule has 0 fully saturated rings. The summed E-state index contributed by atoms with van der Waals surface area (Å²) in [4.78, 5) is 0. The summed E-state index contributed by atoms with van der Waals surface area (Å²) >= 11 is 5.85. The van der Waals surface area contributed by atoms with Crippen LogP contribution >= 0.6 is 11.6 Å². The lowest BCUT2D eigenvalue weighted by atomic mass is 10.1. The molecule has 0 saturated heterocycles. The van der Waals surface area contributed by atoms with Gasteiger partial charge in [-0.25, -0.2) is 0 Å². The van der Waals surface area contributed by atoms with Crippen LogP contribution in [0.3, 0.4) is 0 Å². The van der Waals surface area contributed by atoms with E-state index in [0.29, 0.717) is 0 Å². The van der Waals surface area contributed by atoms with Crippen LogP contribution in [0.5, 0.6) is 11.5 Å². The van der Waals surface area contributed by atoms with Gasteiger partial charge in [0.15, 0.2) is 0 Å². The van der Waals surface area contributed by atoms with E-state index in [2.05, 4.69) is 0 Å². The molecule has 0 bridgehead atoms. The molecule has 0 aromatic heterocycles. The van der Waals surface area contributed by atoms with Gasteiger partial charge in [-0.2, -0.15) is 0 Å². The molecule has 2 aromatic rings. The van der Waals surface area contributed by atoms with E-state index in [1.165, 1.54) is 0 Å². The minimum absolute atomic E-state index is 0.314. The number of rotatable bonds is 4. The molecule has 2 unspecified atom stereocenters. The Morgan fingerprint density at radius 3 is 2.06 bits per heavy atom. The second kappa shape index (κ2) is 5.89. The van der Waals surface area contributed by atoms with E-state index in [1.807, 2.05) is 54.6 Å². The first-order valence-corrected chi connectivity index (χ1v) is 6.25. The van der Waals surface area contributed by atoms with Crippen molar-refractivity contribution in [1.29, 1.82) is 0 Å². The van der Waals surface area contributed by atoms with Crippen molar-refractivity contribution < 1.29 is 9.84 Å². The van der Waals surface area contributed by atoms with Crippen molar-refractivity contribution in [2.45, 2.75) is 18.4 Å². The number of aliphatic hydroxyl groups is 1. The number of hydrogen-bond donors (Lipinski definition) is 1. The normalized spacial score (nSPS) is 13.9.